The maximum atomic E-state index is 12.2. The van der Waals surface area contributed by atoms with Gasteiger partial charge >= 0.3 is 5.97 Å². The summed E-state index contributed by atoms with van der Waals surface area (Å²) in [7, 11) is 0. The second-order valence-corrected chi connectivity index (χ2v) is 6.50. The normalized spacial score (nSPS) is 16.3. The van der Waals surface area contributed by atoms with E-state index in [1.54, 1.807) is 0 Å². The Bertz CT molecular complexity index is 942. The Morgan fingerprint density at radius 1 is 0.808 bits per heavy atom. The molecular formula is C23H19NO2. The minimum absolute atomic E-state index is 0.285. The van der Waals surface area contributed by atoms with Crippen LogP contribution in [0, 0.1) is 6.92 Å². The zero-order valence-corrected chi connectivity index (χ0v) is 14.6. The lowest BCUT2D eigenvalue weighted by Gasteiger charge is -2.06. The molecule has 26 heavy (non-hydrogen) atoms. The molecule has 0 bridgehead atoms. The van der Waals surface area contributed by atoms with E-state index >= 15 is 0 Å². The summed E-state index contributed by atoms with van der Waals surface area (Å²) in [5.74, 6) is 0.133. The summed E-state index contributed by atoms with van der Waals surface area (Å²) in [5, 5.41) is 0. The molecule has 1 aliphatic rings. The second-order valence-electron chi connectivity index (χ2n) is 6.50. The third-order valence-electron chi connectivity index (χ3n) is 4.53. The van der Waals surface area contributed by atoms with Gasteiger partial charge in [-0.1, -0.05) is 72.3 Å². The molecule has 3 nitrogen and oxygen atoms in total. The molecule has 0 saturated heterocycles. The molecule has 3 heteroatoms. The van der Waals surface area contributed by atoms with Crippen molar-refractivity contribution in [2.75, 3.05) is 0 Å². The fourth-order valence-electron chi connectivity index (χ4n) is 3.03. The van der Waals surface area contributed by atoms with E-state index in [1.807, 2.05) is 49.4 Å². The lowest BCUT2D eigenvalue weighted by Crippen LogP contribution is -2.17. The van der Waals surface area contributed by atoms with Gasteiger partial charge in [0.2, 0.25) is 5.90 Å². The maximum absolute atomic E-state index is 12.2. The molecule has 3 aromatic carbocycles. The first-order valence-corrected chi connectivity index (χ1v) is 8.70. The average molecular weight is 341 g/mol. The number of rotatable bonds is 4. The smallest absolute Gasteiger partial charge is 0.338 e. The van der Waals surface area contributed by atoms with E-state index in [0.29, 0.717) is 12.3 Å². The lowest BCUT2D eigenvalue weighted by atomic mass is 10.0. The highest BCUT2D eigenvalue weighted by molar-refractivity contribution is 6.06. The van der Waals surface area contributed by atoms with Crippen molar-refractivity contribution in [2.24, 2.45) is 4.99 Å². The van der Waals surface area contributed by atoms with E-state index in [1.165, 1.54) is 5.56 Å². The van der Waals surface area contributed by atoms with Crippen LogP contribution in [0.3, 0.4) is 0 Å². The van der Waals surface area contributed by atoms with E-state index in [2.05, 4.69) is 41.4 Å². The number of esters is 1. The van der Waals surface area contributed by atoms with Crippen LogP contribution < -0.4 is 0 Å². The van der Waals surface area contributed by atoms with Crippen molar-refractivity contribution in [3.05, 3.63) is 95.6 Å². The Balaban J connectivity index is 1.50. The number of cyclic esters (lactones) is 1. The molecule has 1 aliphatic heterocycles. The van der Waals surface area contributed by atoms with Gasteiger partial charge in [0.1, 0.15) is 0 Å². The number of carbonyl (C=O) groups is 1. The first-order valence-electron chi connectivity index (χ1n) is 8.70. The van der Waals surface area contributed by atoms with Crippen LogP contribution in [0.1, 0.15) is 16.7 Å². The van der Waals surface area contributed by atoms with E-state index in [0.717, 1.165) is 22.3 Å². The van der Waals surface area contributed by atoms with Gasteiger partial charge in [-0.3, -0.25) is 0 Å². The van der Waals surface area contributed by atoms with Crippen LogP contribution >= 0.6 is 0 Å². The number of ether oxygens (including phenoxy) is 1. The van der Waals surface area contributed by atoms with Crippen LogP contribution in [0.25, 0.3) is 11.1 Å². The van der Waals surface area contributed by atoms with Gasteiger partial charge in [0.15, 0.2) is 6.04 Å². The summed E-state index contributed by atoms with van der Waals surface area (Å²) in [6, 6.07) is 25.8. The minimum atomic E-state index is -0.478. The molecule has 0 aliphatic carbocycles. The molecule has 1 heterocycles. The molecule has 1 atom stereocenters. The number of nitrogens with zero attached hydrogens (tertiary/aromatic N) is 1. The number of hydrogen-bond donors (Lipinski definition) is 0. The molecule has 0 aromatic heterocycles. The summed E-state index contributed by atoms with van der Waals surface area (Å²) < 4.78 is 5.38. The van der Waals surface area contributed by atoms with Crippen LogP contribution in [0.2, 0.25) is 0 Å². The zero-order valence-electron chi connectivity index (χ0n) is 14.6. The highest BCUT2D eigenvalue weighted by Crippen LogP contribution is 2.22. The Morgan fingerprint density at radius 2 is 1.42 bits per heavy atom. The molecular weight excluding hydrogens is 322 g/mol. The van der Waals surface area contributed by atoms with Gasteiger partial charge in [-0.05, 0) is 35.7 Å². The first-order chi connectivity index (χ1) is 12.7. The van der Waals surface area contributed by atoms with E-state index in [9.17, 15) is 4.79 Å². The number of carbonyl (C=O) groups excluding carboxylic acids is 1. The largest absolute Gasteiger partial charge is 0.406 e. The Morgan fingerprint density at radius 3 is 2.12 bits per heavy atom. The molecule has 0 saturated carbocycles. The fourth-order valence-corrected chi connectivity index (χ4v) is 3.03. The third-order valence-corrected chi connectivity index (χ3v) is 4.53. The van der Waals surface area contributed by atoms with E-state index in [4.69, 9.17) is 4.74 Å². The van der Waals surface area contributed by atoms with Gasteiger partial charge in [0.25, 0.3) is 0 Å². The number of aliphatic imine (C=N–C) groups is 1. The quantitative estimate of drug-likeness (QED) is 0.652. The number of benzene rings is 3. The van der Waals surface area contributed by atoms with E-state index in [-0.39, 0.29) is 5.97 Å². The van der Waals surface area contributed by atoms with Crippen LogP contribution in [-0.4, -0.2) is 17.9 Å². The molecule has 128 valence electrons. The van der Waals surface area contributed by atoms with Crippen LogP contribution in [-0.2, 0) is 16.0 Å². The van der Waals surface area contributed by atoms with Gasteiger partial charge in [0.05, 0.1) is 0 Å². The summed E-state index contributed by atoms with van der Waals surface area (Å²) >= 11 is 0. The van der Waals surface area contributed by atoms with Crippen LogP contribution in [0.15, 0.2) is 83.9 Å². The van der Waals surface area contributed by atoms with Crippen molar-refractivity contribution in [3.8, 4) is 11.1 Å². The molecule has 3 aromatic rings. The highest BCUT2D eigenvalue weighted by Gasteiger charge is 2.29. The van der Waals surface area contributed by atoms with Crippen molar-refractivity contribution in [3.63, 3.8) is 0 Å². The Hall–Kier alpha value is -3.20. The topological polar surface area (TPSA) is 38.7 Å². The fraction of sp³-hybridized carbons (Fsp3) is 0.130. The Kier molecular flexibility index (Phi) is 4.36. The summed E-state index contributed by atoms with van der Waals surface area (Å²) in [6.07, 6.45) is 0.545. The number of hydrogen-bond acceptors (Lipinski definition) is 3. The van der Waals surface area contributed by atoms with Gasteiger partial charge in [0, 0.05) is 12.0 Å². The summed E-state index contributed by atoms with van der Waals surface area (Å²) in [4.78, 5) is 16.7. The summed E-state index contributed by atoms with van der Waals surface area (Å²) in [6.45, 7) is 2.02. The van der Waals surface area contributed by atoms with Gasteiger partial charge in [-0.15, -0.1) is 0 Å². The van der Waals surface area contributed by atoms with Crippen LogP contribution in [0.5, 0.6) is 0 Å². The second kappa shape index (κ2) is 6.96. The highest BCUT2D eigenvalue weighted by atomic mass is 16.6. The predicted molar refractivity (Wildman–Crippen MR) is 103 cm³/mol. The third kappa shape index (κ3) is 3.42. The van der Waals surface area contributed by atoms with Crippen molar-refractivity contribution >= 4 is 11.9 Å². The van der Waals surface area contributed by atoms with Crippen molar-refractivity contribution < 1.29 is 9.53 Å². The van der Waals surface area contributed by atoms with Gasteiger partial charge < -0.3 is 4.74 Å². The lowest BCUT2D eigenvalue weighted by molar-refractivity contribution is -0.134. The van der Waals surface area contributed by atoms with Crippen molar-refractivity contribution in [1.29, 1.82) is 0 Å². The van der Waals surface area contributed by atoms with E-state index < -0.39 is 6.04 Å². The predicted octanol–water partition coefficient (Wildman–Crippen LogP) is 4.58. The Labute approximate surface area is 153 Å². The van der Waals surface area contributed by atoms with Crippen molar-refractivity contribution in [2.45, 2.75) is 19.4 Å². The van der Waals surface area contributed by atoms with Gasteiger partial charge in [-0.25, -0.2) is 9.79 Å². The molecule has 4 rings (SSSR count). The molecule has 0 fully saturated rings. The SMILES string of the molecule is Cc1ccc(C2=NC(Cc3ccc(-c4ccccc4)cc3)C(=O)O2)cc1. The molecule has 0 spiro atoms. The van der Waals surface area contributed by atoms with Crippen molar-refractivity contribution in [1.82, 2.24) is 0 Å². The van der Waals surface area contributed by atoms with Crippen LogP contribution in [0.4, 0.5) is 0 Å². The number of aryl methyl sites for hydroxylation is 1. The average Bonchev–Trinajstić information content (AvgIpc) is 3.04. The minimum Gasteiger partial charge on any atom is -0.406 e. The molecule has 0 radical (unpaired) electrons. The molecule has 0 N–H and O–H groups in total. The summed E-state index contributed by atoms with van der Waals surface area (Å²) in [5.41, 5.74) is 5.41. The maximum Gasteiger partial charge on any atom is 0.338 e. The first kappa shape index (κ1) is 16.3. The van der Waals surface area contributed by atoms with Gasteiger partial charge in [-0.2, -0.15) is 0 Å². The molecule has 1 unspecified atom stereocenters. The monoisotopic (exact) mass is 341 g/mol. The standard InChI is InChI=1S/C23H19NO2/c1-16-7-11-20(12-8-16)22-24-21(23(25)26-22)15-17-9-13-19(14-10-17)18-5-3-2-4-6-18/h2-14,21H,15H2,1H3. The zero-order chi connectivity index (χ0) is 17.9. The molecule has 0 amide bonds.